The first-order chi connectivity index (χ1) is 12.4. The molecule has 2 heterocycles. The summed E-state index contributed by atoms with van der Waals surface area (Å²) in [5, 5.41) is 8.71. The van der Waals surface area contributed by atoms with E-state index in [4.69, 9.17) is 4.99 Å². The zero-order valence-electron chi connectivity index (χ0n) is 17.1. The Labute approximate surface area is 185 Å². The van der Waals surface area contributed by atoms with Crippen molar-refractivity contribution in [2.45, 2.75) is 64.8 Å². The maximum absolute atomic E-state index is 12.4. The van der Waals surface area contributed by atoms with E-state index < -0.39 is 0 Å². The average Bonchev–Trinajstić information content (AvgIpc) is 3.15. The molecule has 1 atom stereocenters. The van der Waals surface area contributed by atoms with Crippen LogP contribution in [0.2, 0.25) is 0 Å². The molecule has 1 aromatic heterocycles. The zero-order chi connectivity index (χ0) is 19.0. The normalized spacial score (nSPS) is 18.0. The third-order valence-electron chi connectivity index (χ3n) is 4.92. The molecular formula is C20H35IN4OS. The molecule has 0 aliphatic carbocycles. The second-order valence-electron chi connectivity index (χ2n) is 7.67. The van der Waals surface area contributed by atoms with Crippen LogP contribution < -0.4 is 10.6 Å². The quantitative estimate of drug-likeness (QED) is 0.334. The molecule has 0 aromatic carbocycles. The molecule has 27 heavy (non-hydrogen) atoms. The van der Waals surface area contributed by atoms with Crippen LogP contribution in [0.4, 0.5) is 0 Å². The molecule has 0 radical (unpaired) electrons. The number of hydrogen-bond acceptors (Lipinski definition) is 3. The number of carbonyl (C=O) groups excluding carboxylic acids is 1. The van der Waals surface area contributed by atoms with E-state index in [0.717, 1.165) is 31.9 Å². The number of thiophene rings is 1. The molecule has 1 amide bonds. The summed E-state index contributed by atoms with van der Waals surface area (Å²) in [4.78, 5) is 20.6. The largest absolute Gasteiger partial charge is 0.357 e. The Balaban J connectivity index is 0.00000364. The molecule has 0 spiro atoms. The van der Waals surface area contributed by atoms with Crippen molar-refractivity contribution in [3.05, 3.63) is 22.4 Å². The fraction of sp³-hybridized carbons (Fsp3) is 0.700. The van der Waals surface area contributed by atoms with Crippen LogP contribution >= 0.6 is 35.3 Å². The molecule has 154 valence electrons. The van der Waals surface area contributed by atoms with Gasteiger partial charge < -0.3 is 15.5 Å². The molecule has 1 fully saturated rings. The van der Waals surface area contributed by atoms with Gasteiger partial charge in [-0.2, -0.15) is 0 Å². The first-order valence-electron chi connectivity index (χ1n) is 9.79. The molecule has 1 aliphatic heterocycles. The zero-order valence-corrected chi connectivity index (χ0v) is 20.2. The van der Waals surface area contributed by atoms with Gasteiger partial charge >= 0.3 is 0 Å². The average molecular weight is 506 g/mol. The van der Waals surface area contributed by atoms with E-state index in [1.165, 1.54) is 11.3 Å². The Morgan fingerprint density at radius 3 is 2.78 bits per heavy atom. The van der Waals surface area contributed by atoms with Crippen LogP contribution in [0.25, 0.3) is 0 Å². The Bertz CT molecular complexity index is 589. The van der Waals surface area contributed by atoms with Crippen LogP contribution in [0.3, 0.4) is 0 Å². The Kier molecular flexibility index (Phi) is 10.7. The molecule has 5 nitrogen and oxygen atoms in total. The van der Waals surface area contributed by atoms with E-state index in [9.17, 15) is 4.79 Å². The molecule has 7 heteroatoms. The number of amides is 1. The number of piperidine rings is 1. The van der Waals surface area contributed by atoms with Gasteiger partial charge in [0.15, 0.2) is 5.96 Å². The topological polar surface area (TPSA) is 56.7 Å². The van der Waals surface area contributed by atoms with Gasteiger partial charge in [-0.15, -0.1) is 35.3 Å². The summed E-state index contributed by atoms with van der Waals surface area (Å²) in [5.41, 5.74) is 0.00949. The maximum Gasteiger partial charge on any atom is 0.224 e. The highest BCUT2D eigenvalue weighted by molar-refractivity contribution is 14.0. The molecule has 2 rings (SSSR count). The molecule has 1 aromatic rings. The standard InChI is InChI=1S/C20H34N4OS.HI/c1-5-21-19(23-15-20(3,4)17-10-8-14-26-17)22-12-11-18(25)24-13-7-6-9-16(24)2;/h8,10,14,16H,5-7,9,11-13,15H2,1-4H3,(H2,21,22,23);1H. The van der Waals surface area contributed by atoms with Crippen molar-refractivity contribution >= 4 is 47.2 Å². The summed E-state index contributed by atoms with van der Waals surface area (Å²) < 4.78 is 0. The number of rotatable bonds is 7. The molecule has 0 bridgehead atoms. The van der Waals surface area contributed by atoms with E-state index in [2.05, 4.69) is 55.8 Å². The van der Waals surface area contributed by atoms with E-state index in [1.807, 2.05) is 4.90 Å². The van der Waals surface area contributed by atoms with Crippen molar-refractivity contribution in [1.82, 2.24) is 15.5 Å². The molecule has 1 saturated heterocycles. The highest BCUT2D eigenvalue weighted by Gasteiger charge is 2.23. The third kappa shape index (κ3) is 7.60. The third-order valence-corrected chi connectivity index (χ3v) is 6.16. The Morgan fingerprint density at radius 1 is 1.37 bits per heavy atom. The summed E-state index contributed by atoms with van der Waals surface area (Å²) in [7, 11) is 0. The van der Waals surface area contributed by atoms with Crippen LogP contribution in [0.15, 0.2) is 22.5 Å². The maximum atomic E-state index is 12.4. The summed E-state index contributed by atoms with van der Waals surface area (Å²) in [6, 6.07) is 4.63. The van der Waals surface area contributed by atoms with Gasteiger partial charge in [0.25, 0.3) is 0 Å². The molecular weight excluding hydrogens is 471 g/mol. The lowest BCUT2D eigenvalue weighted by Gasteiger charge is -2.33. The van der Waals surface area contributed by atoms with Crippen molar-refractivity contribution in [2.75, 3.05) is 26.2 Å². The first kappa shape index (κ1) is 24.2. The van der Waals surface area contributed by atoms with Gasteiger partial charge in [-0.25, -0.2) is 0 Å². The monoisotopic (exact) mass is 506 g/mol. The van der Waals surface area contributed by atoms with Gasteiger partial charge in [-0.05, 0) is 44.6 Å². The predicted octanol–water partition coefficient (Wildman–Crippen LogP) is 3.99. The molecule has 1 aliphatic rings. The smallest absolute Gasteiger partial charge is 0.224 e. The van der Waals surface area contributed by atoms with E-state index >= 15 is 0 Å². The number of likely N-dealkylation sites (tertiary alicyclic amines) is 1. The Hall–Kier alpha value is -0.830. The second-order valence-corrected chi connectivity index (χ2v) is 8.61. The van der Waals surface area contributed by atoms with E-state index in [-0.39, 0.29) is 35.3 Å². The highest BCUT2D eigenvalue weighted by atomic mass is 127. The van der Waals surface area contributed by atoms with Crippen LogP contribution in [0, 0.1) is 0 Å². The lowest BCUT2D eigenvalue weighted by Crippen LogP contribution is -2.44. The number of nitrogens with one attached hydrogen (secondary N) is 2. The summed E-state index contributed by atoms with van der Waals surface area (Å²) in [6.07, 6.45) is 4.01. The number of nitrogens with zero attached hydrogens (tertiary/aromatic N) is 2. The first-order valence-corrected chi connectivity index (χ1v) is 10.7. The van der Waals surface area contributed by atoms with Crippen LogP contribution in [0.5, 0.6) is 0 Å². The van der Waals surface area contributed by atoms with E-state index in [0.29, 0.717) is 25.6 Å². The second kappa shape index (κ2) is 11.9. The SMILES string of the molecule is CCNC(=NCC(C)(C)c1cccs1)NCCC(=O)N1CCCCC1C.I. The van der Waals surface area contributed by atoms with E-state index in [1.54, 1.807) is 11.3 Å². The fourth-order valence-electron chi connectivity index (χ4n) is 3.26. The molecule has 0 saturated carbocycles. The van der Waals surface area contributed by atoms with Gasteiger partial charge in [-0.1, -0.05) is 19.9 Å². The Morgan fingerprint density at radius 2 is 2.15 bits per heavy atom. The van der Waals surface area contributed by atoms with Gasteiger partial charge in [-0.3, -0.25) is 9.79 Å². The number of guanidine groups is 1. The summed E-state index contributed by atoms with van der Waals surface area (Å²) >= 11 is 1.77. The van der Waals surface area contributed by atoms with Gasteiger partial charge in [0, 0.05) is 42.4 Å². The predicted molar refractivity (Wildman–Crippen MR) is 126 cm³/mol. The van der Waals surface area contributed by atoms with Gasteiger partial charge in [0.05, 0.1) is 6.54 Å². The van der Waals surface area contributed by atoms with Gasteiger partial charge in [0.2, 0.25) is 5.91 Å². The minimum absolute atomic E-state index is 0. The number of halogens is 1. The molecule has 2 N–H and O–H groups in total. The lowest BCUT2D eigenvalue weighted by molar-refractivity contribution is -0.134. The minimum Gasteiger partial charge on any atom is -0.357 e. The molecule has 1 unspecified atom stereocenters. The van der Waals surface area contributed by atoms with Crippen molar-refractivity contribution in [3.63, 3.8) is 0 Å². The van der Waals surface area contributed by atoms with Crippen molar-refractivity contribution in [2.24, 2.45) is 4.99 Å². The van der Waals surface area contributed by atoms with Crippen molar-refractivity contribution in [1.29, 1.82) is 0 Å². The minimum atomic E-state index is 0. The van der Waals surface area contributed by atoms with Crippen molar-refractivity contribution < 1.29 is 4.79 Å². The highest BCUT2D eigenvalue weighted by Crippen LogP contribution is 2.27. The number of hydrogen-bond donors (Lipinski definition) is 2. The van der Waals surface area contributed by atoms with Gasteiger partial charge in [0.1, 0.15) is 0 Å². The fourth-order valence-corrected chi connectivity index (χ4v) is 4.10. The number of aliphatic imine (C=N–C) groups is 1. The van der Waals surface area contributed by atoms with Crippen LogP contribution in [-0.4, -0.2) is 49.0 Å². The lowest BCUT2D eigenvalue weighted by atomic mass is 9.92. The number of carbonyl (C=O) groups is 1. The van der Waals surface area contributed by atoms with Crippen LogP contribution in [-0.2, 0) is 10.2 Å². The van der Waals surface area contributed by atoms with Crippen LogP contribution in [0.1, 0.15) is 58.3 Å². The van der Waals surface area contributed by atoms with Crippen molar-refractivity contribution in [3.8, 4) is 0 Å². The summed E-state index contributed by atoms with van der Waals surface area (Å²) in [6.45, 7) is 11.7. The summed E-state index contributed by atoms with van der Waals surface area (Å²) in [5.74, 6) is 1.04.